The molecule has 4 rings (SSSR count). The summed E-state index contributed by atoms with van der Waals surface area (Å²) >= 11 is 0. The number of hydrogen-bond donors (Lipinski definition) is 1. The van der Waals surface area contributed by atoms with E-state index in [-0.39, 0.29) is 5.60 Å². The first kappa shape index (κ1) is 8.28. The van der Waals surface area contributed by atoms with Crippen LogP contribution in [0.15, 0.2) is 0 Å². The summed E-state index contributed by atoms with van der Waals surface area (Å²) in [6, 6.07) is 0. The van der Waals surface area contributed by atoms with Crippen molar-refractivity contribution in [1.29, 1.82) is 0 Å². The van der Waals surface area contributed by atoms with Crippen LogP contribution in [0, 0.1) is 23.2 Å². The highest BCUT2D eigenvalue weighted by atomic mass is 16.3. The number of fused-ring (bicyclic) bond motifs is 2. The third kappa shape index (κ3) is 0.869. The van der Waals surface area contributed by atoms with Gasteiger partial charge in [0.1, 0.15) is 0 Å². The predicted octanol–water partition coefficient (Wildman–Crippen LogP) is 2.58. The Balaban J connectivity index is 1.90. The van der Waals surface area contributed by atoms with Crippen molar-refractivity contribution < 1.29 is 5.11 Å². The molecule has 0 aromatic heterocycles. The maximum Gasteiger partial charge on any atom is 0.0709 e. The van der Waals surface area contributed by atoms with Crippen LogP contribution in [0.4, 0.5) is 0 Å². The monoisotopic (exact) mass is 180 g/mol. The Bertz CT molecular complexity index is 240. The number of aliphatic hydroxyl groups is 1. The molecule has 1 N–H and O–H groups in total. The van der Waals surface area contributed by atoms with Crippen LogP contribution in [0.1, 0.15) is 46.0 Å². The zero-order valence-electron chi connectivity index (χ0n) is 8.71. The topological polar surface area (TPSA) is 20.2 Å². The second kappa shape index (κ2) is 2.13. The van der Waals surface area contributed by atoms with E-state index in [9.17, 15) is 5.11 Å². The molecule has 4 fully saturated rings. The summed E-state index contributed by atoms with van der Waals surface area (Å²) in [6.45, 7) is 4.72. The second-order valence-electron chi connectivity index (χ2n) is 6.11. The maximum atomic E-state index is 10.7. The minimum atomic E-state index is -0.252. The molecule has 2 bridgehead atoms. The molecule has 0 amide bonds. The maximum absolute atomic E-state index is 10.7. The minimum absolute atomic E-state index is 0.252. The third-order valence-electron chi connectivity index (χ3n) is 5.25. The lowest BCUT2D eigenvalue weighted by Crippen LogP contribution is -2.62. The molecule has 0 radical (unpaired) electrons. The largest absolute Gasteiger partial charge is 0.389 e. The van der Waals surface area contributed by atoms with Gasteiger partial charge >= 0.3 is 0 Å². The molecule has 4 saturated carbocycles. The lowest BCUT2D eigenvalue weighted by atomic mass is 9.43. The average molecular weight is 180 g/mol. The first-order valence-electron chi connectivity index (χ1n) is 5.77. The Kier molecular flexibility index (Phi) is 1.36. The molecule has 4 aliphatic carbocycles. The molecule has 1 heteroatoms. The molecule has 0 saturated heterocycles. The van der Waals surface area contributed by atoms with Crippen molar-refractivity contribution in [2.45, 2.75) is 51.6 Å². The highest BCUT2D eigenvalue weighted by Crippen LogP contribution is 2.67. The van der Waals surface area contributed by atoms with Crippen LogP contribution in [0.25, 0.3) is 0 Å². The Morgan fingerprint density at radius 1 is 1.08 bits per heavy atom. The fourth-order valence-corrected chi connectivity index (χ4v) is 4.01. The smallest absolute Gasteiger partial charge is 0.0709 e. The van der Waals surface area contributed by atoms with Gasteiger partial charge in [-0.15, -0.1) is 0 Å². The van der Waals surface area contributed by atoms with Gasteiger partial charge in [-0.05, 0) is 55.3 Å². The highest BCUT2D eigenvalue weighted by Gasteiger charge is 2.64. The van der Waals surface area contributed by atoms with E-state index in [1.807, 2.05) is 0 Å². The summed E-state index contributed by atoms with van der Waals surface area (Å²) in [5.74, 6) is 2.20. The molecule has 0 aliphatic heterocycles. The Hall–Kier alpha value is -0.0400. The van der Waals surface area contributed by atoms with Gasteiger partial charge in [-0.1, -0.05) is 13.8 Å². The summed E-state index contributed by atoms with van der Waals surface area (Å²) in [4.78, 5) is 0. The summed E-state index contributed by atoms with van der Waals surface area (Å²) in [5.41, 5.74) is 0.188. The van der Waals surface area contributed by atoms with E-state index in [1.165, 1.54) is 25.7 Å². The first-order chi connectivity index (χ1) is 6.05. The van der Waals surface area contributed by atoms with E-state index in [4.69, 9.17) is 0 Å². The van der Waals surface area contributed by atoms with Crippen LogP contribution >= 0.6 is 0 Å². The van der Waals surface area contributed by atoms with Crippen LogP contribution in [0.5, 0.6) is 0 Å². The van der Waals surface area contributed by atoms with Crippen molar-refractivity contribution in [2.24, 2.45) is 23.2 Å². The average Bonchev–Trinajstić information content (AvgIpc) is 2.85. The fourth-order valence-electron chi connectivity index (χ4n) is 4.01. The van der Waals surface area contributed by atoms with Crippen molar-refractivity contribution in [3.63, 3.8) is 0 Å². The van der Waals surface area contributed by atoms with E-state index in [0.717, 1.165) is 12.3 Å². The van der Waals surface area contributed by atoms with Crippen LogP contribution in [0.3, 0.4) is 0 Å². The van der Waals surface area contributed by atoms with Crippen molar-refractivity contribution in [3.8, 4) is 0 Å². The molecule has 13 heavy (non-hydrogen) atoms. The predicted molar refractivity (Wildman–Crippen MR) is 52.3 cm³/mol. The molecule has 1 nitrogen and oxygen atoms in total. The van der Waals surface area contributed by atoms with Gasteiger partial charge in [0.15, 0.2) is 0 Å². The van der Waals surface area contributed by atoms with Gasteiger partial charge in [0.2, 0.25) is 0 Å². The van der Waals surface area contributed by atoms with Gasteiger partial charge < -0.3 is 5.11 Å². The van der Waals surface area contributed by atoms with E-state index < -0.39 is 0 Å². The van der Waals surface area contributed by atoms with Crippen molar-refractivity contribution in [3.05, 3.63) is 0 Å². The molecule has 0 heterocycles. The van der Waals surface area contributed by atoms with Gasteiger partial charge in [0, 0.05) is 0 Å². The number of hydrogen-bond acceptors (Lipinski definition) is 1. The molecular formula is C12H20O. The lowest BCUT2D eigenvalue weighted by Gasteiger charge is -2.63. The van der Waals surface area contributed by atoms with Crippen LogP contribution in [-0.2, 0) is 0 Å². The van der Waals surface area contributed by atoms with Crippen LogP contribution in [-0.4, -0.2) is 10.7 Å². The molecule has 0 aromatic carbocycles. The van der Waals surface area contributed by atoms with Crippen molar-refractivity contribution >= 4 is 0 Å². The van der Waals surface area contributed by atoms with Gasteiger partial charge in [-0.2, -0.15) is 0 Å². The minimum Gasteiger partial charge on any atom is -0.389 e. The fraction of sp³-hybridized carbons (Fsp3) is 1.00. The number of rotatable bonds is 1. The summed E-state index contributed by atoms with van der Waals surface area (Å²) in [7, 11) is 0. The van der Waals surface area contributed by atoms with Gasteiger partial charge in [0.05, 0.1) is 5.60 Å². The second-order valence-corrected chi connectivity index (χ2v) is 6.11. The van der Waals surface area contributed by atoms with Crippen molar-refractivity contribution in [2.75, 3.05) is 0 Å². The molecule has 4 aliphatic rings. The molecule has 74 valence electrons. The standard InChI is InChI=1S/C12H20O/c1-11(2)9-5-6-12(13,8-3-4-8)10(11)7-9/h8-10,13H,3-7H2,1-2H3. The lowest BCUT2D eigenvalue weighted by molar-refractivity contribution is -0.211. The zero-order chi connectivity index (χ0) is 9.27. The van der Waals surface area contributed by atoms with Gasteiger partial charge in [-0.3, -0.25) is 0 Å². The quantitative estimate of drug-likeness (QED) is 0.657. The molecule has 3 unspecified atom stereocenters. The zero-order valence-corrected chi connectivity index (χ0v) is 8.71. The molecule has 3 atom stereocenters. The van der Waals surface area contributed by atoms with E-state index in [1.54, 1.807) is 0 Å². The Labute approximate surface area is 80.5 Å². The Morgan fingerprint density at radius 2 is 1.77 bits per heavy atom. The molecular weight excluding hydrogens is 160 g/mol. The summed E-state index contributed by atoms with van der Waals surface area (Å²) < 4.78 is 0. The molecule has 0 aromatic rings. The SMILES string of the molecule is CC1(C)C2CCC(O)(C3CC3)C1C2. The van der Waals surface area contributed by atoms with E-state index in [2.05, 4.69) is 13.8 Å². The Morgan fingerprint density at radius 3 is 2.23 bits per heavy atom. The molecule has 0 spiro atoms. The van der Waals surface area contributed by atoms with E-state index in [0.29, 0.717) is 17.3 Å². The van der Waals surface area contributed by atoms with Crippen LogP contribution in [0.2, 0.25) is 0 Å². The van der Waals surface area contributed by atoms with Gasteiger partial charge in [-0.25, -0.2) is 0 Å². The van der Waals surface area contributed by atoms with E-state index >= 15 is 0 Å². The first-order valence-corrected chi connectivity index (χ1v) is 5.77. The third-order valence-corrected chi connectivity index (χ3v) is 5.25. The summed E-state index contributed by atoms with van der Waals surface area (Å²) in [6.07, 6.45) is 6.24. The van der Waals surface area contributed by atoms with Crippen LogP contribution < -0.4 is 0 Å². The van der Waals surface area contributed by atoms with Crippen molar-refractivity contribution in [1.82, 2.24) is 0 Å². The van der Waals surface area contributed by atoms with Gasteiger partial charge in [0.25, 0.3) is 0 Å². The highest BCUT2D eigenvalue weighted by molar-refractivity contribution is 5.14. The normalized spacial score (nSPS) is 52.8. The summed E-state index contributed by atoms with van der Waals surface area (Å²) in [5, 5.41) is 10.7.